The summed E-state index contributed by atoms with van der Waals surface area (Å²) < 4.78 is 27.4. The third-order valence-corrected chi connectivity index (χ3v) is 3.45. The van der Waals surface area contributed by atoms with E-state index in [-0.39, 0.29) is 15.9 Å². The number of anilines is 1. The van der Waals surface area contributed by atoms with Gasteiger partial charge in [-0.05, 0) is 0 Å². The molecule has 17 heavy (non-hydrogen) atoms. The number of hydrogen-bond acceptors (Lipinski definition) is 5. The van der Waals surface area contributed by atoms with E-state index in [0.29, 0.717) is 0 Å². The maximum absolute atomic E-state index is 11.9. The van der Waals surface area contributed by atoms with E-state index in [0.717, 1.165) is 0 Å². The fraction of sp³-hybridized carbons (Fsp3) is 0.125. The lowest BCUT2D eigenvalue weighted by Crippen LogP contribution is -2.14. The van der Waals surface area contributed by atoms with Gasteiger partial charge >= 0.3 is 0 Å². The highest BCUT2D eigenvalue weighted by Gasteiger charge is 2.18. The minimum atomic E-state index is -3.74. The van der Waals surface area contributed by atoms with Crippen molar-refractivity contribution in [2.45, 2.75) is 4.90 Å². The molecule has 0 aromatic carbocycles. The van der Waals surface area contributed by atoms with E-state index in [4.69, 9.17) is 11.6 Å². The van der Waals surface area contributed by atoms with Crippen molar-refractivity contribution in [2.75, 3.05) is 4.72 Å². The molecule has 2 aromatic rings. The summed E-state index contributed by atoms with van der Waals surface area (Å²) >= 11 is 5.70. The van der Waals surface area contributed by atoms with Crippen molar-refractivity contribution < 1.29 is 8.42 Å². The Kier molecular flexibility index (Phi) is 2.99. The Morgan fingerprint density at radius 2 is 2.06 bits per heavy atom. The summed E-state index contributed by atoms with van der Waals surface area (Å²) in [6.07, 6.45) is 5.30. The molecule has 0 unspecified atom stereocenters. The van der Waals surface area contributed by atoms with Gasteiger partial charge in [0.15, 0.2) is 11.0 Å². The van der Waals surface area contributed by atoms with Crippen LogP contribution < -0.4 is 4.72 Å². The fourth-order valence-electron chi connectivity index (χ4n) is 1.11. The molecule has 0 aliphatic rings. The van der Waals surface area contributed by atoms with E-state index in [1.165, 1.54) is 29.5 Å². The van der Waals surface area contributed by atoms with Gasteiger partial charge in [-0.3, -0.25) is 9.40 Å². The summed E-state index contributed by atoms with van der Waals surface area (Å²) in [7, 11) is -2.12. The van der Waals surface area contributed by atoms with Crippen molar-refractivity contribution in [1.29, 1.82) is 0 Å². The molecule has 0 aliphatic carbocycles. The van der Waals surface area contributed by atoms with Gasteiger partial charge < -0.3 is 0 Å². The highest BCUT2D eigenvalue weighted by atomic mass is 35.5. The first-order chi connectivity index (χ1) is 7.99. The minimum absolute atomic E-state index is 0.0139. The minimum Gasteiger partial charge on any atom is -0.274 e. The second kappa shape index (κ2) is 4.30. The van der Waals surface area contributed by atoms with Gasteiger partial charge in [-0.15, -0.1) is 0 Å². The third kappa shape index (κ3) is 2.53. The Morgan fingerprint density at radius 3 is 2.65 bits per heavy atom. The molecule has 0 spiro atoms. The molecular formula is C8H8ClN5O2S. The summed E-state index contributed by atoms with van der Waals surface area (Å²) in [5.41, 5.74) is 0. The number of sulfonamides is 1. The molecular weight excluding hydrogens is 266 g/mol. The van der Waals surface area contributed by atoms with Gasteiger partial charge in [0.05, 0.1) is 6.20 Å². The summed E-state index contributed by atoms with van der Waals surface area (Å²) in [5.74, 6) is -0.0157. The van der Waals surface area contributed by atoms with Crippen LogP contribution in [0, 0.1) is 0 Å². The van der Waals surface area contributed by atoms with Gasteiger partial charge in [0.1, 0.15) is 4.90 Å². The predicted molar refractivity (Wildman–Crippen MR) is 61.1 cm³/mol. The zero-order valence-electron chi connectivity index (χ0n) is 8.70. The largest absolute Gasteiger partial charge is 0.274 e. The molecule has 0 fully saturated rings. The second-order valence-corrected chi connectivity index (χ2v) is 5.19. The standard InChI is InChI=1S/C8H8ClN5O2S/c1-14-5-6(4-12-14)17(15,16)13-8-7(9)10-2-3-11-8/h2-5H,1H3,(H,11,13). The monoisotopic (exact) mass is 273 g/mol. The maximum atomic E-state index is 11.9. The van der Waals surface area contributed by atoms with Crippen LogP contribution in [0.5, 0.6) is 0 Å². The molecule has 2 rings (SSSR count). The quantitative estimate of drug-likeness (QED) is 0.887. The van der Waals surface area contributed by atoms with E-state index in [1.807, 2.05) is 0 Å². The van der Waals surface area contributed by atoms with Gasteiger partial charge in [-0.25, -0.2) is 18.4 Å². The average molecular weight is 274 g/mol. The zero-order valence-corrected chi connectivity index (χ0v) is 10.3. The smallest absolute Gasteiger partial charge is 0.266 e. The number of hydrogen-bond donors (Lipinski definition) is 1. The van der Waals surface area contributed by atoms with Crippen molar-refractivity contribution in [3.8, 4) is 0 Å². The van der Waals surface area contributed by atoms with E-state index in [1.54, 1.807) is 7.05 Å². The molecule has 0 radical (unpaired) electrons. The van der Waals surface area contributed by atoms with Crippen LogP contribution >= 0.6 is 11.6 Å². The molecule has 1 N–H and O–H groups in total. The first-order valence-electron chi connectivity index (χ1n) is 4.47. The molecule has 0 saturated carbocycles. The lowest BCUT2D eigenvalue weighted by molar-refractivity contribution is 0.601. The van der Waals surface area contributed by atoms with Gasteiger partial charge in [0.25, 0.3) is 10.0 Å². The van der Waals surface area contributed by atoms with E-state index >= 15 is 0 Å². The Hall–Kier alpha value is -1.67. The molecule has 0 saturated heterocycles. The maximum Gasteiger partial charge on any atom is 0.266 e. The predicted octanol–water partition coefficient (Wildman–Crippen LogP) is 0.664. The van der Waals surface area contributed by atoms with E-state index in [9.17, 15) is 8.42 Å². The average Bonchev–Trinajstić information content (AvgIpc) is 2.69. The molecule has 90 valence electrons. The van der Waals surface area contributed by atoms with Gasteiger partial charge in [-0.2, -0.15) is 5.10 Å². The Balaban J connectivity index is 2.33. The van der Waals surface area contributed by atoms with E-state index < -0.39 is 10.0 Å². The van der Waals surface area contributed by atoms with Crippen molar-refractivity contribution in [1.82, 2.24) is 19.7 Å². The molecule has 7 nitrogen and oxygen atoms in total. The lowest BCUT2D eigenvalue weighted by atomic mass is 10.7. The van der Waals surface area contributed by atoms with Crippen LogP contribution in [-0.2, 0) is 17.1 Å². The molecule has 0 atom stereocenters. The number of nitrogens with one attached hydrogen (secondary N) is 1. The zero-order chi connectivity index (χ0) is 12.5. The number of rotatable bonds is 3. The second-order valence-electron chi connectivity index (χ2n) is 3.15. The van der Waals surface area contributed by atoms with Crippen LogP contribution in [-0.4, -0.2) is 28.2 Å². The van der Waals surface area contributed by atoms with Gasteiger partial charge in [0, 0.05) is 25.6 Å². The summed E-state index contributed by atoms with van der Waals surface area (Å²) in [4.78, 5) is 7.53. The summed E-state index contributed by atoms with van der Waals surface area (Å²) in [6, 6.07) is 0. The topological polar surface area (TPSA) is 89.8 Å². The van der Waals surface area contributed by atoms with Crippen LogP contribution in [0.2, 0.25) is 5.15 Å². The van der Waals surface area contributed by atoms with Gasteiger partial charge in [-0.1, -0.05) is 11.6 Å². The first kappa shape index (κ1) is 11.8. The van der Waals surface area contributed by atoms with Crippen LogP contribution in [0.25, 0.3) is 0 Å². The highest BCUT2D eigenvalue weighted by Crippen LogP contribution is 2.18. The van der Waals surface area contributed by atoms with E-state index in [2.05, 4.69) is 19.8 Å². The Morgan fingerprint density at radius 1 is 1.35 bits per heavy atom. The third-order valence-electron chi connectivity index (χ3n) is 1.88. The molecule has 0 amide bonds. The van der Waals surface area contributed by atoms with Crippen molar-refractivity contribution >= 4 is 27.4 Å². The fourth-order valence-corrected chi connectivity index (χ4v) is 2.32. The van der Waals surface area contributed by atoms with Crippen LogP contribution in [0.1, 0.15) is 0 Å². The number of aryl methyl sites for hydroxylation is 1. The van der Waals surface area contributed by atoms with Crippen LogP contribution in [0.4, 0.5) is 5.82 Å². The highest BCUT2D eigenvalue weighted by molar-refractivity contribution is 7.92. The Bertz CT molecular complexity index is 639. The van der Waals surface area contributed by atoms with Crippen LogP contribution in [0.3, 0.4) is 0 Å². The SMILES string of the molecule is Cn1cc(S(=O)(=O)Nc2nccnc2Cl)cn1. The Labute approximate surface area is 103 Å². The van der Waals surface area contributed by atoms with Crippen molar-refractivity contribution in [2.24, 2.45) is 7.05 Å². The number of aromatic nitrogens is 4. The first-order valence-corrected chi connectivity index (χ1v) is 6.33. The summed E-state index contributed by atoms with van der Waals surface area (Å²) in [6.45, 7) is 0. The lowest BCUT2D eigenvalue weighted by Gasteiger charge is -2.05. The normalized spacial score (nSPS) is 11.4. The molecule has 0 aliphatic heterocycles. The van der Waals surface area contributed by atoms with Gasteiger partial charge in [0.2, 0.25) is 0 Å². The van der Waals surface area contributed by atoms with Crippen LogP contribution in [0.15, 0.2) is 29.7 Å². The van der Waals surface area contributed by atoms with Crippen molar-refractivity contribution in [3.63, 3.8) is 0 Å². The van der Waals surface area contributed by atoms with Crippen molar-refractivity contribution in [3.05, 3.63) is 29.9 Å². The molecule has 0 bridgehead atoms. The molecule has 9 heteroatoms. The summed E-state index contributed by atoms with van der Waals surface area (Å²) in [5, 5.41) is 3.76. The molecule has 2 aromatic heterocycles. The molecule has 2 heterocycles. The number of nitrogens with zero attached hydrogens (tertiary/aromatic N) is 4. The number of halogens is 1.